The molecule has 0 saturated carbocycles. The van der Waals surface area contributed by atoms with Crippen molar-refractivity contribution in [2.75, 3.05) is 13.7 Å². The average Bonchev–Trinajstić information content (AvgIpc) is 3.01. The van der Waals surface area contributed by atoms with E-state index in [0.29, 0.717) is 11.1 Å². The molecule has 7 heteroatoms. The van der Waals surface area contributed by atoms with E-state index in [4.69, 9.17) is 18.9 Å². The summed E-state index contributed by atoms with van der Waals surface area (Å²) in [5.74, 6) is -1.12. The second-order valence-corrected chi connectivity index (χ2v) is 5.97. The third kappa shape index (κ3) is 4.51. The van der Waals surface area contributed by atoms with Gasteiger partial charge >= 0.3 is 11.9 Å². The molecule has 1 aliphatic rings. The minimum atomic E-state index is -1.30. The average molecular weight is 372 g/mol. The molecule has 0 bridgehead atoms. The molecule has 0 aromatic heterocycles. The van der Waals surface area contributed by atoms with Gasteiger partial charge in [0.05, 0.1) is 11.1 Å². The molecule has 1 N–H and O–H groups in total. The molecule has 1 heterocycles. The highest BCUT2D eigenvalue weighted by molar-refractivity contribution is 5.90. The van der Waals surface area contributed by atoms with Crippen molar-refractivity contribution in [2.45, 2.75) is 24.6 Å². The Morgan fingerprint density at radius 3 is 2.04 bits per heavy atom. The molecule has 7 nitrogen and oxygen atoms in total. The molecule has 2 aromatic carbocycles. The van der Waals surface area contributed by atoms with Gasteiger partial charge in [0.2, 0.25) is 0 Å². The monoisotopic (exact) mass is 372 g/mol. The van der Waals surface area contributed by atoms with Crippen molar-refractivity contribution in [3.63, 3.8) is 0 Å². The molecule has 3 rings (SSSR count). The van der Waals surface area contributed by atoms with Crippen LogP contribution in [0.5, 0.6) is 0 Å². The molecule has 0 unspecified atom stereocenters. The van der Waals surface area contributed by atoms with Gasteiger partial charge in [-0.1, -0.05) is 36.4 Å². The second-order valence-electron chi connectivity index (χ2n) is 5.97. The Bertz CT molecular complexity index is 762. The molecule has 1 aliphatic heterocycles. The summed E-state index contributed by atoms with van der Waals surface area (Å²) in [7, 11) is 1.37. The van der Waals surface area contributed by atoms with Crippen molar-refractivity contribution < 1.29 is 33.6 Å². The fourth-order valence-corrected chi connectivity index (χ4v) is 2.82. The minimum Gasteiger partial charge on any atom is -0.459 e. The van der Waals surface area contributed by atoms with Crippen LogP contribution in [0.1, 0.15) is 20.7 Å². The lowest BCUT2D eigenvalue weighted by Gasteiger charge is -2.22. The third-order valence-corrected chi connectivity index (χ3v) is 4.20. The highest BCUT2D eigenvalue weighted by Gasteiger charge is 2.47. The van der Waals surface area contributed by atoms with Crippen molar-refractivity contribution >= 4 is 11.9 Å². The summed E-state index contributed by atoms with van der Waals surface area (Å²) in [6, 6.07) is 16.9. The highest BCUT2D eigenvalue weighted by Crippen LogP contribution is 2.26. The first-order chi connectivity index (χ1) is 13.1. The minimum absolute atomic E-state index is 0.197. The molecule has 0 amide bonds. The molecule has 2 aromatic rings. The van der Waals surface area contributed by atoms with Gasteiger partial charge in [0.15, 0.2) is 12.4 Å². The predicted molar refractivity (Wildman–Crippen MR) is 94.0 cm³/mol. The first-order valence-corrected chi connectivity index (χ1v) is 8.44. The van der Waals surface area contributed by atoms with E-state index in [9.17, 15) is 14.7 Å². The summed E-state index contributed by atoms with van der Waals surface area (Å²) in [5, 5.41) is 10.0. The van der Waals surface area contributed by atoms with Crippen LogP contribution >= 0.6 is 0 Å². The summed E-state index contributed by atoms with van der Waals surface area (Å²) in [6.07, 6.45) is -3.98. The van der Waals surface area contributed by atoms with Gasteiger partial charge < -0.3 is 24.1 Å². The molecule has 1 saturated heterocycles. The Balaban J connectivity index is 1.67. The van der Waals surface area contributed by atoms with E-state index in [2.05, 4.69) is 0 Å². The number of methoxy groups -OCH3 is 1. The van der Waals surface area contributed by atoms with Crippen molar-refractivity contribution in [3.8, 4) is 0 Å². The second kappa shape index (κ2) is 8.77. The summed E-state index contributed by atoms with van der Waals surface area (Å²) in [6.45, 7) is -0.197. The zero-order valence-electron chi connectivity index (χ0n) is 14.7. The van der Waals surface area contributed by atoms with E-state index < -0.39 is 36.5 Å². The molecule has 1 fully saturated rings. The van der Waals surface area contributed by atoms with Gasteiger partial charge in [0.25, 0.3) is 0 Å². The molecule has 27 heavy (non-hydrogen) atoms. The number of esters is 2. The summed E-state index contributed by atoms with van der Waals surface area (Å²) >= 11 is 0. The number of hydrogen-bond acceptors (Lipinski definition) is 7. The van der Waals surface area contributed by atoms with E-state index in [1.54, 1.807) is 60.7 Å². The summed E-state index contributed by atoms with van der Waals surface area (Å²) in [5.41, 5.74) is 0.742. The third-order valence-electron chi connectivity index (χ3n) is 4.20. The molecule has 4 atom stereocenters. The number of rotatable bonds is 6. The first-order valence-electron chi connectivity index (χ1n) is 8.44. The number of ether oxygens (including phenoxy) is 4. The lowest BCUT2D eigenvalue weighted by molar-refractivity contribution is -0.140. The zero-order chi connectivity index (χ0) is 19.2. The van der Waals surface area contributed by atoms with Gasteiger partial charge in [0, 0.05) is 7.11 Å². The Kier molecular flexibility index (Phi) is 6.18. The highest BCUT2D eigenvalue weighted by atomic mass is 16.7. The van der Waals surface area contributed by atoms with Crippen molar-refractivity contribution in [2.24, 2.45) is 0 Å². The number of aliphatic hydroxyl groups is 1. The Hall–Kier alpha value is -2.74. The Morgan fingerprint density at radius 1 is 0.926 bits per heavy atom. The number of carbonyl (C=O) groups excluding carboxylic acids is 2. The van der Waals surface area contributed by atoms with Crippen LogP contribution in [0.3, 0.4) is 0 Å². The van der Waals surface area contributed by atoms with Crippen molar-refractivity contribution in [3.05, 3.63) is 71.8 Å². The van der Waals surface area contributed by atoms with E-state index in [0.717, 1.165) is 0 Å². The Morgan fingerprint density at radius 2 is 1.48 bits per heavy atom. The van der Waals surface area contributed by atoms with Gasteiger partial charge in [-0.05, 0) is 24.3 Å². The van der Waals surface area contributed by atoms with Crippen LogP contribution in [0, 0.1) is 0 Å². The summed E-state index contributed by atoms with van der Waals surface area (Å²) < 4.78 is 21.3. The lowest BCUT2D eigenvalue weighted by Crippen LogP contribution is -2.40. The molecular formula is C20H20O7. The van der Waals surface area contributed by atoms with Crippen LogP contribution in [-0.4, -0.2) is 55.4 Å². The van der Waals surface area contributed by atoms with Crippen LogP contribution in [-0.2, 0) is 18.9 Å². The Labute approximate surface area is 156 Å². The topological polar surface area (TPSA) is 91.3 Å². The van der Waals surface area contributed by atoms with Gasteiger partial charge in [-0.3, -0.25) is 0 Å². The van der Waals surface area contributed by atoms with E-state index in [1.165, 1.54) is 7.11 Å². The van der Waals surface area contributed by atoms with Gasteiger partial charge in [-0.25, -0.2) is 9.59 Å². The lowest BCUT2D eigenvalue weighted by atomic mass is 10.1. The quantitative estimate of drug-likeness (QED) is 0.773. The van der Waals surface area contributed by atoms with E-state index >= 15 is 0 Å². The van der Waals surface area contributed by atoms with Gasteiger partial charge in [-0.15, -0.1) is 0 Å². The zero-order valence-corrected chi connectivity index (χ0v) is 14.7. The number of carbonyl (C=O) groups is 2. The van der Waals surface area contributed by atoms with E-state index in [1.807, 2.05) is 0 Å². The normalized spacial score (nSPS) is 24.4. The molecule has 142 valence electrons. The van der Waals surface area contributed by atoms with Gasteiger partial charge in [-0.2, -0.15) is 0 Å². The van der Waals surface area contributed by atoms with Crippen LogP contribution in [0.15, 0.2) is 60.7 Å². The predicted octanol–water partition coefficient (Wildman–Crippen LogP) is 1.80. The van der Waals surface area contributed by atoms with Crippen LogP contribution in [0.25, 0.3) is 0 Å². The smallest absolute Gasteiger partial charge is 0.338 e. The van der Waals surface area contributed by atoms with Crippen LogP contribution < -0.4 is 0 Å². The van der Waals surface area contributed by atoms with Crippen LogP contribution in [0.2, 0.25) is 0 Å². The largest absolute Gasteiger partial charge is 0.459 e. The fraction of sp³-hybridized carbons (Fsp3) is 0.300. The van der Waals surface area contributed by atoms with Gasteiger partial charge in [0.1, 0.15) is 18.8 Å². The maximum Gasteiger partial charge on any atom is 0.338 e. The fourth-order valence-electron chi connectivity index (χ4n) is 2.82. The van der Waals surface area contributed by atoms with E-state index in [-0.39, 0.29) is 6.61 Å². The number of hydrogen-bond donors (Lipinski definition) is 1. The molecule has 0 radical (unpaired) electrons. The first kappa shape index (κ1) is 19.0. The molecule has 0 aliphatic carbocycles. The SMILES string of the molecule is CO[C@H]1[C@H](OC(=O)c2ccccc2)[C@@H](COC(=O)c2ccccc2)O[C@@H]1O. The summed E-state index contributed by atoms with van der Waals surface area (Å²) in [4.78, 5) is 24.5. The molecule has 0 spiro atoms. The standard InChI is InChI=1S/C20H20O7/c1-24-17-16(27-19(22)14-10-6-3-7-11-14)15(26-20(17)23)12-25-18(21)13-8-4-2-5-9-13/h2-11,15-17,20,23H,12H2,1H3/t15-,16-,17+,20+/m1/s1. The number of aliphatic hydroxyl groups excluding tert-OH is 1. The van der Waals surface area contributed by atoms with Crippen LogP contribution in [0.4, 0.5) is 0 Å². The maximum atomic E-state index is 12.4. The van der Waals surface area contributed by atoms with Crippen molar-refractivity contribution in [1.29, 1.82) is 0 Å². The molecular weight excluding hydrogens is 352 g/mol. The van der Waals surface area contributed by atoms with Crippen molar-refractivity contribution in [1.82, 2.24) is 0 Å². The number of benzene rings is 2. The maximum absolute atomic E-state index is 12.4.